The van der Waals surface area contributed by atoms with Crippen molar-refractivity contribution in [1.82, 2.24) is 10.6 Å². The molecule has 7 nitrogen and oxygen atoms in total. The third-order valence-corrected chi connectivity index (χ3v) is 3.31. The zero-order valence-electron chi connectivity index (χ0n) is 15.1. The molecule has 0 aliphatic heterocycles. The Morgan fingerprint density at radius 1 is 1.08 bits per heavy atom. The maximum absolute atomic E-state index is 12.0. The number of hydrogen-bond donors (Lipinski definition) is 3. The molecule has 1 rings (SSSR count). The average Bonchev–Trinajstić information content (AvgIpc) is 2.51. The number of nitrogens with one attached hydrogen (secondary N) is 3. The Hall–Kier alpha value is -2.28. The molecule has 0 saturated carbocycles. The molecule has 134 valence electrons. The van der Waals surface area contributed by atoms with E-state index in [4.69, 9.17) is 9.47 Å². The molecule has 0 heterocycles. The molecule has 0 aliphatic carbocycles. The summed E-state index contributed by atoms with van der Waals surface area (Å²) in [5.41, 5.74) is 0.913. The third kappa shape index (κ3) is 6.87. The van der Waals surface area contributed by atoms with Gasteiger partial charge in [0.2, 0.25) is 0 Å². The fourth-order valence-corrected chi connectivity index (χ4v) is 2.24. The van der Waals surface area contributed by atoms with Crippen LogP contribution in [-0.4, -0.2) is 52.2 Å². The largest absolute Gasteiger partial charge is 0.493 e. The quantitative estimate of drug-likeness (QED) is 0.559. The minimum atomic E-state index is -0.111. The van der Waals surface area contributed by atoms with Gasteiger partial charge in [0.25, 0.3) is 11.8 Å². The van der Waals surface area contributed by atoms with Crippen LogP contribution in [0.2, 0.25) is 0 Å². The smallest absolute Gasteiger partial charge is 0.275 e. The molecule has 3 N–H and O–H groups in total. The molecule has 0 fully saturated rings. The van der Waals surface area contributed by atoms with E-state index < -0.39 is 0 Å². The summed E-state index contributed by atoms with van der Waals surface area (Å²) in [6.45, 7) is 4.71. The zero-order chi connectivity index (χ0) is 18.1. The molecule has 1 aromatic rings. The Labute approximate surface area is 143 Å². The Morgan fingerprint density at radius 2 is 1.71 bits per heavy atom. The van der Waals surface area contributed by atoms with Crippen LogP contribution in [-0.2, 0) is 16.1 Å². The summed E-state index contributed by atoms with van der Waals surface area (Å²) in [6.07, 6.45) is 0. The van der Waals surface area contributed by atoms with Gasteiger partial charge in [-0.2, -0.15) is 0 Å². The van der Waals surface area contributed by atoms with E-state index in [1.54, 1.807) is 20.3 Å². The van der Waals surface area contributed by atoms with Crippen molar-refractivity contribution in [2.45, 2.75) is 26.4 Å². The number of hydrogen-bond acceptors (Lipinski definition) is 4. The number of carbonyl (C=O) groups excluding carboxylic acids is 2. The van der Waals surface area contributed by atoms with E-state index >= 15 is 0 Å². The highest BCUT2D eigenvalue weighted by molar-refractivity contribution is 5.79. The second kappa shape index (κ2) is 9.77. The van der Waals surface area contributed by atoms with Crippen molar-refractivity contribution in [2.24, 2.45) is 0 Å². The van der Waals surface area contributed by atoms with Crippen LogP contribution in [0.15, 0.2) is 18.2 Å². The molecule has 24 heavy (non-hydrogen) atoms. The minimum absolute atomic E-state index is 0.0600. The summed E-state index contributed by atoms with van der Waals surface area (Å²) in [5, 5.41) is 5.66. The van der Waals surface area contributed by atoms with Crippen molar-refractivity contribution in [2.75, 3.05) is 34.4 Å². The van der Waals surface area contributed by atoms with Crippen LogP contribution in [0, 0.1) is 0 Å². The van der Waals surface area contributed by atoms with Gasteiger partial charge in [-0.1, -0.05) is 6.07 Å². The van der Waals surface area contributed by atoms with Gasteiger partial charge in [-0.3, -0.25) is 9.59 Å². The fraction of sp³-hybridized carbons (Fsp3) is 0.529. The highest BCUT2D eigenvalue weighted by atomic mass is 16.5. The number of carbonyl (C=O) groups is 2. The summed E-state index contributed by atoms with van der Waals surface area (Å²) in [7, 11) is 4.96. The van der Waals surface area contributed by atoms with E-state index in [0.717, 1.165) is 10.5 Å². The molecule has 0 bridgehead atoms. The molecule has 0 radical (unpaired) electrons. The van der Waals surface area contributed by atoms with Crippen LogP contribution in [0.1, 0.15) is 19.4 Å². The van der Waals surface area contributed by atoms with Gasteiger partial charge in [0.1, 0.15) is 0 Å². The zero-order valence-corrected chi connectivity index (χ0v) is 15.1. The second-order valence-corrected chi connectivity index (χ2v) is 6.00. The second-order valence-electron chi connectivity index (χ2n) is 6.00. The van der Waals surface area contributed by atoms with Crippen LogP contribution in [0.25, 0.3) is 0 Å². The first-order valence-electron chi connectivity index (χ1n) is 7.94. The Balaban J connectivity index is 2.44. The summed E-state index contributed by atoms with van der Waals surface area (Å²) in [4.78, 5) is 24.5. The molecule has 0 aliphatic rings. The van der Waals surface area contributed by atoms with Crippen LogP contribution >= 0.6 is 0 Å². The van der Waals surface area contributed by atoms with Gasteiger partial charge >= 0.3 is 0 Å². The van der Waals surface area contributed by atoms with Gasteiger partial charge in [0.15, 0.2) is 24.6 Å². The Morgan fingerprint density at radius 3 is 2.29 bits per heavy atom. The van der Waals surface area contributed by atoms with Gasteiger partial charge in [0, 0.05) is 12.6 Å². The number of rotatable bonds is 9. The Kier molecular flexibility index (Phi) is 8.05. The molecule has 7 heteroatoms. The molecule has 0 spiro atoms. The van der Waals surface area contributed by atoms with E-state index in [-0.39, 0.29) is 30.9 Å². The maximum Gasteiger partial charge on any atom is 0.275 e. The van der Waals surface area contributed by atoms with Crippen LogP contribution in [0.3, 0.4) is 0 Å². The normalized spacial score (nSPS) is 11.8. The maximum atomic E-state index is 12.0. The van der Waals surface area contributed by atoms with Gasteiger partial charge in [0.05, 0.1) is 21.3 Å². The molecule has 0 aromatic heterocycles. The predicted molar refractivity (Wildman–Crippen MR) is 91.3 cm³/mol. The van der Waals surface area contributed by atoms with Gasteiger partial charge in [-0.25, -0.2) is 0 Å². The molecule has 1 atom stereocenters. The van der Waals surface area contributed by atoms with Gasteiger partial charge in [-0.15, -0.1) is 0 Å². The van der Waals surface area contributed by atoms with Gasteiger partial charge < -0.3 is 25.0 Å². The molecule has 1 aromatic carbocycles. The van der Waals surface area contributed by atoms with E-state index in [2.05, 4.69) is 10.6 Å². The molecule has 0 saturated heterocycles. The predicted octanol–water partition coefficient (Wildman–Crippen LogP) is -0.641. The van der Waals surface area contributed by atoms with Crippen LogP contribution in [0.4, 0.5) is 0 Å². The lowest BCUT2D eigenvalue weighted by molar-refractivity contribution is -0.862. The summed E-state index contributed by atoms with van der Waals surface area (Å²) in [5.74, 6) is 1.10. The summed E-state index contributed by atoms with van der Waals surface area (Å²) < 4.78 is 10.4. The summed E-state index contributed by atoms with van der Waals surface area (Å²) >= 11 is 0. The van der Waals surface area contributed by atoms with Crippen molar-refractivity contribution in [3.8, 4) is 11.5 Å². The van der Waals surface area contributed by atoms with Crippen molar-refractivity contribution in [3.63, 3.8) is 0 Å². The molecular formula is C17H28N3O4+. The van der Waals surface area contributed by atoms with Gasteiger partial charge in [-0.05, 0) is 31.5 Å². The van der Waals surface area contributed by atoms with E-state index in [0.29, 0.717) is 18.0 Å². The van der Waals surface area contributed by atoms with E-state index in [1.807, 2.05) is 33.0 Å². The lowest BCUT2D eigenvalue weighted by Crippen LogP contribution is -3.11. The lowest BCUT2D eigenvalue weighted by Gasteiger charge is -2.15. The number of ether oxygens (including phenoxy) is 2. The first kappa shape index (κ1) is 19.8. The van der Waals surface area contributed by atoms with E-state index in [1.165, 1.54) is 0 Å². The fourth-order valence-electron chi connectivity index (χ4n) is 2.24. The lowest BCUT2D eigenvalue weighted by atomic mass is 10.2. The van der Waals surface area contributed by atoms with Crippen molar-refractivity contribution in [1.29, 1.82) is 0 Å². The molecular weight excluding hydrogens is 310 g/mol. The SMILES string of the molecule is COc1ccc(CNC(=O)C[NH+](C)CC(=O)NC(C)C)cc1OC. The first-order chi connectivity index (χ1) is 11.3. The van der Waals surface area contributed by atoms with Crippen molar-refractivity contribution < 1.29 is 24.0 Å². The van der Waals surface area contributed by atoms with E-state index in [9.17, 15) is 9.59 Å². The molecule has 1 unspecified atom stereocenters. The highest BCUT2D eigenvalue weighted by Crippen LogP contribution is 2.27. The Bertz CT molecular complexity index is 561. The van der Waals surface area contributed by atoms with Crippen LogP contribution in [0.5, 0.6) is 11.5 Å². The number of likely N-dealkylation sites (N-methyl/N-ethyl adjacent to an activating group) is 1. The highest BCUT2D eigenvalue weighted by Gasteiger charge is 2.14. The monoisotopic (exact) mass is 338 g/mol. The number of amides is 2. The van der Waals surface area contributed by atoms with Crippen molar-refractivity contribution >= 4 is 11.8 Å². The average molecular weight is 338 g/mol. The first-order valence-corrected chi connectivity index (χ1v) is 7.94. The topological polar surface area (TPSA) is 81.1 Å². The van der Waals surface area contributed by atoms with Crippen LogP contribution < -0.4 is 25.0 Å². The minimum Gasteiger partial charge on any atom is -0.493 e. The third-order valence-electron chi connectivity index (χ3n) is 3.31. The summed E-state index contributed by atoms with van der Waals surface area (Å²) in [6, 6.07) is 5.60. The standard InChI is InChI=1S/C17H27N3O4/c1-12(2)19-17(22)11-20(3)10-16(21)18-9-13-6-7-14(23-4)15(8-13)24-5/h6-8,12H,9-11H2,1-5H3,(H,18,21)(H,19,22)/p+1. The number of methoxy groups -OCH3 is 2. The number of benzene rings is 1. The van der Waals surface area contributed by atoms with Crippen molar-refractivity contribution in [3.05, 3.63) is 23.8 Å². The number of quaternary nitrogens is 1. The molecule has 2 amide bonds.